The van der Waals surface area contributed by atoms with Crippen molar-refractivity contribution in [3.63, 3.8) is 0 Å². The van der Waals surface area contributed by atoms with Crippen molar-refractivity contribution in [1.29, 1.82) is 0 Å². The SMILES string of the molecule is Nc1nc(N2CC[C@H]2c2nn3ccc(Cl)c3c(=O)n2-c2ccccn2)n2ncnc2n1. The van der Waals surface area contributed by atoms with Crippen LogP contribution in [-0.4, -0.2) is 50.3 Å². The molecule has 0 saturated carbocycles. The predicted molar refractivity (Wildman–Crippen MR) is 111 cm³/mol. The van der Waals surface area contributed by atoms with Gasteiger partial charge in [-0.25, -0.2) is 14.1 Å². The van der Waals surface area contributed by atoms with E-state index in [0.717, 1.165) is 6.42 Å². The zero-order valence-corrected chi connectivity index (χ0v) is 16.6. The summed E-state index contributed by atoms with van der Waals surface area (Å²) in [4.78, 5) is 32.3. The van der Waals surface area contributed by atoms with Crippen LogP contribution in [0.3, 0.4) is 0 Å². The highest BCUT2D eigenvalue weighted by Crippen LogP contribution is 2.36. The van der Waals surface area contributed by atoms with Gasteiger partial charge >= 0.3 is 0 Å². The minimum atomic E-state index is -0.307. The summed E-state index contributed by atoms with van der Waals surface area (Å²) < 4.78 is 4.49. The van der Waals surface area contributed by atoms with Crippen molar-refractivity contribution in [2.75, 3.05) is 17.2 Å². The van der Waals surface area contributed by atoms with Gasteiger partial charge in [-0.3, -0.25) is 4.79 Å². The highest BCUT2D eigenvalue weighted by atomic mass is 35.5. The number of nitrogen functional groups attached to an aromatic ring is 1. The summed E-state index contributed by atoms with van der Waals surface area (Å²) in [5.41, 5.74) is 5.85. The second-order valence-corrected chi connectivity index (χ2v) is 7.40. The van der Waals surface area contributed by atoms with Gasteiger partial charge in [-0.15, -0.1) is 0 Å². The first-order valence-corrected chi connectivity index (χ1v) is 9.81. The molecule has 5 aromatic heterocycles. The molecule has 0 aromatic carbocycles. The summed E-state index contributed by atoms with van der Waals surface area (Å²) >= 11 is 6.26. The van der Waals surface area contributed by atoms with Crippen LogP contribution in [0, 0.1) is 0 Å². The summed E-state index contributed by atoms with van der Waals surface area (Å²) in [5, 5.41) is 9.24. The lowest BCUT2D eigenvalue weighted by Gasteiger charge is -2.41. The molecule has 0 radical (unpaired) electrons. The molecule has 6 heterocycles. The van der Waals surface area contributed by atoms with Gasteiger partial charge in [0.1, 0.15) is 17.7 Å². The molecule has 0 bridgehead atoms. The Morgan fingerprint density at radius 3 is 2.84 bits per heavy atom. The molecule has 6 rings (SSSR count). The van der Waals surface area contributed by atoms with Gasteiger partial charge in [-0.2, -0.15) is 29.7 Å². The standard InChI is InChI=1S/C18H14ClN11O/c19-10-4-8-28-13(10)15(31)29(12-3-1-2-6-21-12)14(26-28)11-5-7-27(11)18-25-16(20)24-17-22-9-23-30(17)18/h1-4,6,8-9,11H,5,7H2,(H2,20,22,23,24)/t11-/m0/s1. The highest BCUT2D eigenvalue weighted by Gasteiger charge is 2.37. The fourth-order valence-corrected chi connectivity index (χ4v) is 4.01. The summed E-state index contributed by atoms with van der Waals surface area (Å²) in [6, 6.07) is 6.71. The molecule has 1 fully saturated rings. The van der Waals surface area contributed by atoms with Gasteiger partial charge in [-0.05, 0) is 24.6 Å². The van der Waals surface area contributed by atoms with Gasteiger partial charge in [-0.1, -0.05) is 17.7 Å². The third-order valence-corrected chi connectivity index (χ3v) is 5.57. The number of anilines is 2. The first kappa shape index (κ1) is 17.8. The van der Waals surface area contributed by atoms with Crippen LogP contribution in [0.1, 0.15) is 18.3 Å². The zero-order valence-electron chi connectivity index (χ0n) is 15.9. The van der Waals surface area contributed by atoms with E-state index in [1.807, 2.05) is 11.0 Å². The van der Waals surface area contributed by atoms with E-state index in [9.17, 15) is 4.79 Å². The molecule has 1 atom stereocenters. The van der Waals surface area contributed by atoms with E-state index in [1.165, 1.54) is 19.9 Å². The first-order chi connectivity index (χ1) is 15.1. The van der Waals surface area contributed by atoms with E-state index in [0.29, 0.717) is 34.9 Å². The Labute approximate surface area is 178 Å². The lowest BCUT2D eigenvalue weighted by molar-refractivity contribution is 0.414. The fourth-order valence-electron chi connectivity index (χ4n) is 3.78. The number of aromatic nitrogens is 9. The second-order valence-electron chi connectivity index (χ2n) is 7.00. The molecule has 0 aliphatic carbocycles. The van der Waals surface area contributed by atoms with E-state index < -0.39 is 0 Å². The van der Waals surface area contributed by atoms with Crippen molar-refractivity contribution >= 4 is 34.8 Å². The van der Waals surface area contributed by atoms with Crippen molar-refractivity contribution in [2.24, 2.45) is 0 Å². The maximum Gasteiger partial charge on any atom is 0.285 e. The van der Waals surface area contributed by atoms with Crippen LogP contribution in [0.5, 0.6) is 0 Å². The Morgan fingerprint density at radius 1 is 1.16 bits per heavy atom. The third kappa shape index (κ3) is 2.58. The van der Waals surface area contributed by atoms with Gasteiger partial charge in [0.15, 0.2) is 5.82 Å². The molecule has 1 aliphatic heterocycles. The molecule has 12 nitrogen and oxygen atoms in total. The molecule has 31 heavy (non-hydrogen) atoms. The van der Waals surface area contributed by atoms with Crippen LogP contribution < -0.4 is 16.2 Å². The minimum Gasteiger partial charge on any atom is -0.368 e. The largest absolute Gasteiger partial charge is 0.368 e. The zero-order chi connectivity index (χ0) is 21.1. The number of pyridine rings is 1. The molecule has 154 valence electrons. The highest BCUT2D eigenvalue weighted by molar-refractivity contribution is 6.33. The van der Waals surface area contributed by atoms with E-state index in [1.54, 1.807) is 30.6 Å². The number of nitrogens with zero attached hydrogens (tertiary/aromatic N) is 10. The van der Waals surface area contributed by atoms with Crippen LogP contribution in [-0.2, 0) is 0 Å². The summed E-state index contributed by atoms with van der Waals surface area (Å²) in [5.74, 6) is 1.86. The minimum absolute atomic E-state index is 0.0869. The Hall–Kier alpha value is -4.06. The van der Waals surface area contributed by atoms with Gasteiger partial charge in [0.25, 0.3) is 11.3 Å². The van der Waals surface area contributed by atoms with Gasteiger partial charge < -0.3 is 10.6 Å². The summed E-state index contributed by atoms with van der Waals surface area (Å²) in [6.07, 6.45) is 5.41. The Morgan fingerprint density at radius 2 is 2.06 bits per heavy atom. The number of rotatable bonds is 3. The predicted octanol–water partition coefficient (Wildman–Crippen LogP) is 0.900. The van der Waals surface area contributed by atoms with Gasteiger partial charge in [0.2, 0.25) is 11.9 Å². The monoisotopic (exact) mass is 435 g/mol. The van der Waals surface area contributed by atoms with E-state index in [-0.39, 0.29) is 23.1 Å². The average Bonchev–Trinajstić information content (AvgIpc) is 3.35. The van der Waals surface area contributed by atoms with Crippen LogP contribution in [0.25, 0.3) is 17.1 Å². The quantitative estimate of drug-likeness (QED) is 0.438. The van der Waals surface area contributed by atoms with Crippen molar-refractivity contribution in [1.82, 2.24) is 43.7 Å². The van der Waals surface area contributed by atoms with E-state index in [2.05, 4.69) is 25.0 Å². The number of hydrogen-bond acceptors (Lipinski definition) is 9. The van der Waals surface area contributed by atoms with Gasteiger partial charge in [0.05, 0.1) is 11.1 Å². The molecule has 13 heteroatoms. The lowest BCUT2D eigenvalue weighted by Crippen LogP contribution is -2.46. The molecule has 5 aromatic rings. The topological polar surface area (TPSA) is 137 Å². The van der Waals surface area contributed by atoms with Crippen molar-refractivity contribution < 1.29 is 0 Å². The summed E-state index contributed by atoms with van der Waals surface area (Å²) in [6.45, 7) is 0.665. The van der Waals surface area contributed by atoms with E-state index >= 15 is 0 Å². The first-order valence-electron chi connectivity index (χ1n) is 9.43. The van der Waals surface area contributed by atoms with E-state index in [4.69, 9.17) is 22.4 Å². The molecule has 1 saturated heterocycles. The molecular formula is C18H14ClN11O. The number of hydrogen-bond donors (Lipinski definition) is 1. The third-order valence-electron chi connectivity index (χ3n) is 5.26. The molecule has 0 spiro atoms. The molecule has 2 N–H and O–H groups in total. The second kappa shape index (κ2) is 6.47. The van der Waals surface area contributed by atoms with Crippen molar-refractivity contribution in [3.8, 4) is 5.82 Å². The average molecular weight is 436 g/mol. The van der Waals surface area contributed by atoms with Crippen LogP contribution in [0.2, 0.25) is 5.02 Å². The normalized spacial score (nSPS) is 16.2. The number of nitrogens with two attached hydrogens (primary N) is 1. The maximum absolute atomic E-state index is 13.4. The lowest BCUT2D eigenvalue weighted by atomic mass is 10.0. The van der Waals surface area contributed by atoms with Crippen LogP contribution >= 0.6 is 11.6 Å². The molecule has 0 unspecified atom stereocenters. The Bertz CT molecular complexity index is 1510. The van der Waals surface area contributed by atoms with Crippen LogP contribution in [0.15, 0.2) is 47.8 Å². The number of fused-ring (bicyclic) bond motifs is 2. The summed E-state index contributed by atoms with van der Waals surface area (Å²) in [7, 11) is 0. The van der Waals surface area contributed by atoms with Crippen LogP contribution in [0.4, 0.5) is 11.9 Å². The Kier molecular flexibility index (Phi) is 3.71. The smallest absolute Gasteiger partial charge is 0.285 e. The molecule has 0 amide bonds. The van der Waals surface area contributed by atoms with Gasteiger partial charge in [0, 0.05) is 18.9 Å². The van der Waals surface area contributed by atoms with Crippen molar-refractivity contribution in [3.05, 3.63) is 64.2 Å². The number of halogens is 1. The molecular weight excluding hydrogens is 422 g/mol. The van der Waals surface area contributed by atoms with Crippen molar-refractivity contribution in [2.45, 2.75) is 12.5 Å². The maximum atomic E-state index is 13.4. The molecule has 1 aliphatic rings. The fraction of sp³-hybridized carbons (Fsp3) is 0.167. The Balaban J connectivity index is 1.58.